The van der Waals surface area contributed by atoms with E-state index < -0.39 is 0 Å². The molecule has 5 rings (SSSR count). The topological polar surface area (TPSA) is 83.8 Å². The predicted molar refractivity (Wildman–Crippen MR) is 131 cm³/mol. The molecule has 0 unspecified atom stereocenters. The van der Waals surface area contributed by atoms with Crippen LogP contribution < -0.4 is 5.32 Å². The van der Waals surface area contributed by atoms with E-state index in [0.29, 0.717) is 25.2 Å². The molecule has 3 heterocycles. The summed E-state index contributed by atoms with van der Waals surface area (Å²) in [5.41, 5.74) is 5.92. The second kappa shape index (κ2) is 9.71. The molecule has 0 radical (unpaired) electrons. The molecule has 0 aliphatic carbocycles. The predicted octanol–water partition coefficient (Wildman–Crippen LogP) is 4.70. The van der Waals surface area contributed by atoms with Gasteiger partial charge in [0.25, 0.3) is 0 Å². The van der Waals surface area contributed by atoms with Gasteiger partial charge in [0.1, 0.15) is 11.3 Å². The van der Waals surface area contributed by atoms with E-state index in [4.69, 9.17) is 15.0 Å². The number of aryl methyl sites for hydroxylation is 1. The molecule has 3 aromatic heterocycles. The van der Waals surface area contributed by atoms with Gasteiger partial charge in [-0.2, -0.15) is 0 Å². The number of para-hydroxylation sites is 1. The molecule has 0 saturated heterocycles. The van der Waals surface area contributed by atoms with Gasteiger partial charge in [-0.25, -0.2) is 9.97 Å². The minimum Gasteiger partial charge on any atom is -0.396 e. The molecular weight excluding hydrogens is 410 g/mol. The standard InChI is InChI=1S/C27H25N5O/c33-12-6-11-25-31-24-15-21(13-20-14-22-9-4-5-10-23(22)28-17-20)18-29-26(24)27(32-25)30-16-19-7-2-1-3-8-19/h1-5,7-10,14-15,17-18,33H,6,11-13,16H2,(H,30,31,32). The van der Waals surface area contributed by atoms with Gasteiger partial charge in [0.2, 0.25) is 0 Å². The third-order valence-electron chi connectivity index (χ3n) is 5.56. The Morgan fingerprint density at radius 3 is 2.42 bits per heavy atom. The lowest BCUT2D eigenvalue weighted by atomic mass is 10.1. The fourth-order valence-electron chi connectivity index (χ4n) is 3.91. The van der Waals surface area contributed by atoms with Crippen LogP contribution in [0.3, 0.4) is 0 Å². The Bertz CT molecular complexity index is 1390. The summed E-state index contributed by atoms with van der Waals surface area (Å²) in [7, 11) is 0. The van der Waals surface area contributed by atoms with E-state index in [1.54, 1.807) is 0 Å². The fourth-order valence-corrected chi connectivity index (χ4v) is 3.91. The number of rotatable bonds is 8. The smallest absolute Gasteiger partial charge is 0.156 e. The van der Waals surface area contributed by atoms with Crippen molar-refractivity contribution in [2.75, 3.05) is 11.9 Å². The lowest BCUT2D eigenvalue weighted by Crippen LogP contribution is -2.07. The van der Waals surface area contributed by atoms with Gasteiger partial charge in [0.15, 0.2) is 5.82 Å². The maximum Gasteiger partial charge on any atom is 0.156 e. The molecule has 0 spiro atoms. The van der Waals surface area contributed by atoms with Crippen molar-refractivity contribution >= 4 is 27.8 Å². The van der Waals surface area contributed by atoms with Gasteiger partial charge >= 0.3 is 0 Å². The molecule has 0 saturated carbocycles. The Labute approximate surface area is 192 Å². The van der Waals surface area contributed by atoms with Crippen molar-refractivity contribution in [3.8, 4) is 0 Å². The van der Waals surface area contributed by atoms with E-state index in [0.717, 1.165) is 45.3 Å². The first kappa shape index (κ1) is 21.0. The Kier molecular flexibility index (Phi) is 6.17. The van der Waals surface area contributed by atoms with Crippen molar-refractivity contribution in [3.63, 3.8) is 0 Å². The number of hydrogen-bond donors (Lipinski definition) is 2. The van der Waals surface area contributed by atoms with Crippen LogP contribution in [0.5, 0.6) is 0 Å². The van der Waals surface area contributed by atoms with Crippen molar-refractivity contribution < 1.29 is 5.11 Å². The maximum absolute atomic E-state index is 9.26. The highest BCUT2D eigenvalue weighted by Gasteiger charge is 2.11. The number of benzene rings is 2. The van der Waals surface area contributed by atoms with Crippen molar-refractivity contribution in [2.45, 2.75) is 25.8 Å². The van der Waals surface area contributed by atoms with Crippen molar-refractivity contribution in [1.82, 2.24) is 19.9 Å². The molecule has 6 heteroatoms. The zero-order chi connectivity index (χ0) is 22.5. The van der Waals surface area contributed by atoms with Crippen LogP contribution >= 0.6 is 0 Å². The number of anilines is 1. The van der Waals surface area contributed by atoms with Gasteiger partial charge in [-0.1, -0.05) is 48.5 Å². The average molecular weight is 436 g/mol. The highest BCUT2D eigenvalue weighted by Crippen LogP contribution is 2.22. The van der Waals surface area contributed by atoms with Crippen LogP contribution in [0.1, 0.15) is 28.9 Å². The van der Waals surface area contributed by atoms with Crippen LogP contribution in [0.4, 0.5) is 5.82 Å². The second-order valence-corrected chi connectivity index (χ2v) is 8.08. The first-order valence-electron chi connectivity index (χ1n) is 11.2. The maximum atomic E-state index is 9.26. The van der Waals surface area contributed by atoms with Gasteiger partial charge < -0.3 is 10.4 Å². The summed E-state index contributed by atoms with van der Waals surface area (Å²) in [6.45, 7) is 0.764. The molecule has 2 aromatic carbocycles. The molecule has 0 atom stereocenters. The van der Waals surface area contributed by atoms with Crippen LogP contribution in [0.2, 0.25) is 0 Å². The first-order valence-corrected chi connectivity index (χ1v) is 11.2. The highest BCUT2D eigenvalue weighted by molar-refractivity contribution is 5.85. The largest absolute Gasteiger partial charge is 0.396 e. The van der Waals surface area contributed by atoms with Crippen molar-refractivity contribution in [3.05, 3.63) is 102 Å². The third-order valence-corrected chi connectivity index (χ3v) is 5.56. The number of hydrogen-bond acceptors (Lipinski definition) is 6. The number of nitrogens with zero attached hydrogens (tertiary/aromatic N) is 4. The third kappa shape index (κ3) is 4.96. The van der Waals surface area contributed by atoms with E-state index in [2.05, 4.69) is 40.6 Å². The Balaban J connectivity index is 1.45. The number of nitrogens with one attached hydrogen (secondary N) is 1. The van der Waals surface area contributed by atoms with Crippen LogP contribution in [0, 0.1) is 0 Å². The molecule has 33 heavy (non-hydrogen) atoms. The highest BCUT2D eigenvalue weighted by atomic mass is 16.2. The van der Waals surface area contributed by atoms with E-state index >= 15 is 0 Å². The molecule has 0 aliphatic heterocycles. The van der Waals surface area contributed by atoms with Gasteiger partial charge in [-0.15, -0.1) is 0 Å². The van der Waals surface area contributed by atoms with Crippen LogP contribution in [0.15, 0.2) is 79.1 Å². The molecule has 0 fully saturated rings. The van der Waals surface area contributed by atoms with Gasteiger partial charge in [-0.3, -0.25) is 9.97 Å². The van der Waals surface area contributed by atoms with E-state index in [-0.39, 0.29) is 6.61 Å². The lowest BCUT2D eigenvalue weighted by molar-refractivity contribution is 0.287. The van der Waals surface area contributed by atoms with Gasteiger partial charge in [0, 0.05) is 43.8 Å². The summed E-state index contributed by atoms with van der Waals surface area (Å²) in [6.07, 6.45) is 5.78. The van der Waals surface area contributed by atoms with Crippen molar-refractivity contribution in [2.24, 2.45) is 0 Å². The average Bonchev–Trinajstić information content (AvgIpc) is 2.86. The number of fused-ring (bicyclic) bond motifs is 2. The monoisotopic (exact) mass is 435 g/mol. The summed E-state index contributed by atoms with van der Waals surface area (Å²) in [5, 5.41) is 13.8. The number of pyridine rings is 2. The summed E-state index contributed by atoms with van der Waals surface area (Å²) in [4.78, 5) is 18.7. The molecule has 2 N–H and O–H groups in total. The molecule has 0 bridgehead atoms. The summed E-state index contributed by atoms with van der Waals surface area (Å²) in [6, 6.07) is 22.6. The zero-order valence-corrected chi connectivity index (χ0v) is 18.3. The van der Waals surface area contributed by atoms with E-state index in [1.807, 2.05) is 48.8 Å². The van der Waals surface area contributed by atoms with Gasteiger partial charge in [0.05, 0.1) is 11.0 Å². The molecule has 0 aliphatic rings. The number of aliphatic hydroxyl groups is 1. The van der Waals surface area contributed by atoms with E-state index in [1.165, 1.54) is 5.56 Å². The number of aromatic nitrogens is 4. The molecule has 5 aromatic rings. The van der Waals surface area contributed by atoms with Crippen LogP contribution in [0.25, 0.3) is 21.9 Å². The van der Waals surface area contributed by atoms with Crippen molar-refractivity contribution in [1.29, 1.82) is 0 Å². The molecular formula is C27H25N5O. The van der Waals surface area contributed by atoms with Gasteiger partial charge in [-0.05, 0) is 41.3 Å². The first-order chi connectivity index (χ1) is 16.3. The lowest BCUT2D eigenvalue weighted by Gasteiger charge is -2.11. The Hall–Kier alpha value is -3.90. The second-order valence-electron chi connectivity index (χ2n) is 8.08. The number of aliphatic hydroxyl groups excluding tert-OH is 1. The van der Waals surface area contributed by atoms with Crippen LogP contribution in [-0.2, 0) is 19.4 Å². The minimum absolute atomic E-state index is 0.113. The molecule has 0 amide bonds. The SMILES string of the molecule is OCCCc1nc(NCc2ccccc2)c2ncc(Cc3cnc4ccccc4c3)cc2n1. The summed E-state index contributed by atoms with van der Waals surface area (Å²) < 4.78 is 0. The molecule has 6 nitrogen and oxygen atoms in total. The Morgan fingerprint density at radius 2 is 1.55 bits per heavy atom. The zero-order valence-electron chi connectivity index (χ0n) is 18.3. The summed E-state index contributed by atoms with van der Waals surface area (Å²) >= 11 is 0. The summed E-state index contributed by atoms with van der Waals surface area (Å²) in [5.74, 6) is 1.43. The molecule has 164 valence electrons. The quantitative estimate of drug-likeness (QED) is 0.368. The normalized spacial score (nSPS) is 11.2. The fraction of sp³-hybridized carbons (Fsp3) is 0.185. The van der Waals surface area contributed by atoms with E-state index in [9.17, 15) is 5.11 Å². The van der Waals surface area contributed by atoms with Crippen LogP contribution in [-0.4, -0.2) is 31.6 Å². The Morgan fingerprint density at radius 1 is 0.758 bits per heavy atom. The minimum atomic E-state index is 0.113.